The van der Waals surface area contributed by atoms with Gasteiger partial charge in [0.1, 0.15) is 0 Å². The van der Waals surface area contributed by atoms with E-state index in [9.17, 15) is 8.42 Å². The van der Waals surface area contributed by atoms with Gasteiger partial charge in [0.15, 0.2) is 0 Å². The second-order valence-corrected chi connectivity index (χ2v) is 7.09. The highest BCUT2D eigenvalue weighted by molar-refractivity contribution is 7.89. The lowest BCUT2D eigenvalue weighted by molar-refractivity contribution is 0.275. The number of benzene rings is 1. The molecule has 0 spiro atoms. The quantitative estimate of drug-likeness (QED) is 0.848. The van der Waals surface area contributed by atoms with Gasteiger partial charge >= 0.3 is 0 Å². The Morgan fingerprint density at radius 3 is 2.38 bits per heavy atom. The van der Waals surface area contributed by atoms with Crippen LogP contribution in [0.2, 0.25) is 0 Å². The number of hydrogen-bond donors (Lipinski definition) is 1. The van der Waals surface area contributed by atoms with Crippen molar-refractivity contribution in [2.75, 3.05) is 19.6 Å². The molecule has 0 amide bonds. The summed E-state index contributed by atoms with van der Waals surface area (Å²) in [6.45, 7) is 7.10. The summed E-state index contributed by atoms with van der Waals surface area (Å²) in [6, 6.07) is 6.76. The Labute approximate surface area is 127 Å². The van der Waals surface area contributed by atoms with Crippen molar-refractivity contribution >= 4 is 15.7 Å². The van der Waals surface area contributed by atoms with Gasteiger partial charge in [0.2, 0.25) is 0 Å². The van der Waals surface area contributed by atoms with Crippen LogP contribution in [0, 0.1) is 6.92 Å². The first-order chi connectivity index (χ1) is 10.0. The molecule has 1 saturated heterocycles. The SMILES string of the molecule is CCCN1CCC(=NNS(=O)(=O)c2ccc(C)cc2)CC1. The van der Waals surface area contributed by atoms with Crippen LogP contribution in [0.1, 0.15) is 31.7 Å². The zero-order valence-electron chi connectivity index (χ0n) is 12.7. The minimum atomic E-state index is -3.55. The highest BCUT2D eigenvalue weighted by atomic mass is 32.2. The van der Waals surface area contributed by atoms with Crippen molar-refractivity contribution < 1.29 is 8.42 Å². The Hall–Kier alpha value is -1.40. The lowest BCUT2D eigenvalue weighted by Gasteiger charge is -2.26. The van der Waals surface area contributed by atoms with Crippen LogP contribution in [0.3, 0.4) is 0 Å². The lowest BCUT2D eigenvalue weighted by atomic mass is 10.1. The van der Waals surface area contributed by atoms with Crippen molar-refractivity contribution in [3.8, 4) is 0 Å². The number of nitrogens with one attached hydrogen (secondary N) is 1. The molecule has 1 heterocycles. The molecule has 0 radical (unpaired) electrons. The first-order valence-electron chi connectivity index (χ1n) is 7.37. The van der Waals surface area contributed by atoms with Crippen LogP contribution in [0.4, 0.5) is 0 Å². The fourth-order valence-electron chi connectivity index (χ4n) is 2.36. The maximum Gasteiger partial charge on any atom is 0.276 e. The highest BCUT2D eigenvalue weighted by Crippen LogP contribution is 2.11. The molecule has 1 aromatic carbocycles. The topological polar surface area (TPSA) is 61.8 Å². The molecule has 0 saturated carbocycles. The van der Waals surface area contributed by atoms with Gasteiger partial charge in [-0.3, -0.25) is 0 Å². The molecule has 0 aromatic heterocycles. The first-order valence-corrected chi connectivity index (χ1v) is 8.86. The van der Waals surface area contributed by atoms with Crippen molar-refractivity contribution in [2.45, 2.75) is 38.0 Å². The summed E-state index contributed by atoms with van der Waals surface area (Å²) in [6.07, 6.45) is 2.80. The number of nitrogens with zero attached hydrogens (tertiary/aromatic N) is 2. The van der Waals surface area contributed by atoms with Gasteiger partial charge in [0, 0.05) is 31.6 Å². The smallest absolute Gasteiger partial charge is 0.276 e. The molecule has 0 atom stereocenters. The number of hydrogen-bond acceptors (Lipinski definition) is 4. The van der Waals surface area contributed by atoms with Crippen molar-refractivity contribution in [1.29, 1.82) is 0 Å². The van der Waals surface area contributed by atoms with Crippen LogP contribution in [-0.2, 0) is 10.0 Å². The van der Waals surface area contributed by atoms with E-state index < -0.39 is 10.0 Å². The molecule has 1 aliphatic rings. The number of likely N-dealkylation sites (tertiary alicyclic amines) is 1. The van der Waals surface area contributed by atoms with Gasteiger partial charge in [-0.25, -0.2) is 4.83 Å². The zero-order valence-corrected chi connectivity index (χ0v) is 13.5. The summed E-state index contributed by atoms with van der Waals surface area (Å²) in [5.74, 6) is 0. The zero-order chi connectivity index (χ0) is 15.3. The average Bonchev–Trinajstić information content (AvgIpc) is 2.47. The standard InChI is InChI=1S/C15H23N3O2S/c1-3-10-18-11-8-14(9-12-18)16-17-21(19,20)15-6-4-13(2)5-7-15/h4-7,17H,3,8-12H2,1-2H3. The Balaban J connectivity index is 1.96. The average molecular weight is 309 g/mol. The molecule has 1 aliphatic heterocycles. The van der Waals surface area contributed by atoms with Gasteiger partial charge in [-0.05, 0) is 32.0 Å². The van der Waals surface area contributed by atoms with E-state index >= 15 is 0 Å². The van der Waals surface area contributed by atoms with Crippen molar-refractivity contribution in [2.24, 2.45) is 5.10 Å². The maximum atomic E-state index is 12.1. The Kier molecular flexibility index (Phi) is 5.36. The summed E-state index contributed by atoms with van der Waals surface area (Å²) >= 11 is 0. The van der Waals surface area contributed by atoms with Gasteiger partial charge < -0.3 is 4.90 Å². The summed E-state index contributed by atoms with van der Waals surface area (Å²) in [7, 11) is -3.55. The van der Waals surface area contributed by atoms with E-state index in [1.54, 1.807) is 24.3 Å². The van der Waals surface area contributed by atoms with E-state index in [4.69, 9.17) is 0 Å². The number of piperidine rings is 1. The monoisotopic (exact) mass is 309 g/mol. The lowest BCUT2D eigenvalue weighted by Crippen LogP contribution is -2.35. The van der Waals surface area contributed by atoms with Gasteiger partial charge in [0.25, 0.3) is 10.0 Å². The molecule has 1 aromatic rings. The minimum absolute atomic E-state index is 0.251. The van der Waals surface area contributed by atoms with Crippen LogP contribution < -0.4 is 4.83 Å². The van der Waals surface area contributed by atoms with E-state index in [1.807, 2.05) is 6.92 Å². The molecule has 1 fully saturated rings. The van der Waals surface area contributed by atoms with Gasteiger partial charge in [0.05, 0.1) is 4.90 Å². The van der Waals surface area contributed by atoms with Crippen molar-refractivity contribution in [3.63, 3.8) is 0 Å². The molecular formula is C15H23N3O2S. The van der Waals surface area contributed by atoms with Crippen LogP contribution in [0.25, 0.3) is 0 Å². The second kappa shape index (κ2) is 7.04. The third kappa shape index (κ3) is 4.54. The minimum Gasteiger partial charge on any atom is -0.303 e. The molecule has 0 bridgehead atoms. The first kappa shape index (κ1) is 16.0. The number of sulfonamides is 1. The highest BCUT2D eigenvalue weighted by Gasteiger charge is 2.16. The largest absolute Gasteiger partial charge is 0.303 e. The molecular weight excluding hydrogens is 286 g/mol. The van der Waals surface area contributed by atoms with Crippen LogP contribution in [0.5, 0.6) is 0 Å². The van der Waals surface area contributed by atoms with Crippen LogP contribution >= 0.6 is 0 Å². The summed E-state index contributed by atoms with van der Waals surface area (Å²) in [4.78, 5) is 4.99. The Bertz CT molecular complexity index is 584. The summed E-state index contributed by atoms with van der Waals surface area (Å²) in [5, 5.41) is 4.10. The molecule has 0 unspecified atom stereocenters. The molecule has 5 nitrogen and oxygen atoms in total. The van der Waals surface area contributed by atoms with Gasteiger partial charge in [-0.1, -0.05) is 24.6 Å². The molecule has 116 valence electrons. The van der Waals surface area contributed by atoms with Crippen LogP contribution in [0.15, 0.2) is 34.3 Å². The number of aryl methyl sites for hydroxylation is 1. The van der Waals surface area contributed by atoms with E-state index in [0.29, 0.717) is 0 Å². The predicted molar refractivity (Wildman–Crippen MR) is 84.9 cm³/mol. The number of hydrazone groups is 1. The van der Waals surface area contributed by atoms with Crippen molar-refractivity contribution in [3.05, 3.63) is 29.8 Å². The van der Waals surface area contributed by atoms with E-state index in [0.717, 1.165) is 50.2 Å². The van der Waals surface area contributed by atoms with Gasteiger partial charge in [-0.2, -0.15) is 13.5 Å². The van der Waals surface area contributed by atoms with E-state index in [-0.39, 0.29) is 4.90 Å². The van der Waals surface area contributed by atoms with Crippen molar-refractivity contribution in [1.82, 2.24) is 9.73 Å². The molecule has 1 N–H and O–H groups in total. The third-order valence-corrected chi connectivity index (χ3v) is 4.85. The maximum absolute atomic E-state index is 12.1. The molecule has 21 heavy (non-hydrogen) atoms. The van der Waals surface area contributed by atoms with Crippen LogP contribution in [-0.4, -0.2) is 38.7 Å². The fourth-order valence-corrected chi connectivity index (χ4v) is 3.21. The second-order valence-electron chi connectivity index (χ2n) is 5.43. The molecule has 0 aliphatic carbocycles. The normalized spacial score (nSPS) is 16.8. The van der Waals surface area contributed by atoms with Gasteiger partial charge in [-0.15, -0.1) is 0 Å². The third-order valence-electron chi connectivity index (χ3n) is 3.63. The Morgan fingerprint density at radius 2 is 1.81 bits per heavy atom. The van der Waals surface area contributed by atoms with E-state index in [1.165, 1.54) is 0 Å². The molecule has 2 rings (SSSR count). The summed E-state index contributed by atoms with van der Waals surface area (Å²) < 4.78 is 24.2. The summed E-state index contributed by atoms with van der Waals surface area (Å²) in [5.41, 5.74) is 1.96. The number of rotatable bonds is 5. The Morgan fingerprint density at radius 1 is 1.19 bits per heavy atom. The van der Waals surface area contributed by atoms with E-state index in [2.05, 4.69) is 21.8 Å². The fraction of sp³-hybridized carbons (Fsp3) is 0.533. The predicted octanol–water partition coefficient (Wildman–Crippen LogP) is 2.14. The molecule has 6 heteroatoms.